The summed E-state index contributed by atoms with van der Waals surface area (Å²) < 4.78 is 4.27. The van der Waals surface area contributed by atoms with Gasteiger partial charge in [-0.05, 0) is 24.3 Å². The largest absolute Gasteiger partial charge is 0.306 e. The van der Waals surface area contributed by atoms with E-state index in [-0.39, 0.29) is 10.9 Å². The van der Waals surface area contributed by atoms with Gasteiger partial charge in [0.25, 0.3) is 0 Å². The number of rotatable bonds is 0. The average molecular weight is 401 g/mol. The fourth-order valence-electron chi connectivity index (χ4n) is 5.45. The number of pyridine rings is 2. The second kappa shape index (κ2) is 4.69. The van der Waals surface area contributed by atoms with Gasteiger partial charge in [0.1, 0.15) is 0 Å². The zero-order chi connectivity index (χ0) is 19.7. The number of hydrogen-bond donors (Lipinski definition) is 0. The lowest BCUT2D eigenvalue weighted by molar-refractivity contribution is 1.35. The lowest BCUT2D eigenvalue weighted by Gasteiger charge is -2.12. The van der Waals surface area contributed by atoms with Crippen LogP contribution in [0.3, 0.4) is 0 Å². The maximum atomic E-state index is 13.8. The number of aromatic nitrogens is 1. The Kier molecular flexibility index (Phi) is 2.36. The first-order valence-electron chi connectivity index (χ1n) is 9.88. The Morgan fingerprint density at radius 1 is 0.567 bits per heavy atom. The Balaban J connectivity index is 1.91. The van der Waals surface area contributed by atoms with E-state index in [1.807, 2.05) is 54.6 Å². The molecule has 0 aliphatic carbocycles. The predicted octanol–water partition coefficient (Wildman–Crippen LogP) is 5.95. The van der Waals surface area contributed by atoms with Crippen molar-refractivity contribution >= 4 is 80.4 Å². The van der Waals surface area contributed by atoms with Gasteiger partial charge in [0.15, 0.2) is 10.9 Å². The van der Waals surface area contributed by atoms with Crippen LogP contribution in [-0.2, 0) is 0 Å². The van der Waals surface area contributed by atoms with E-state index in [0.29, 0.717) is 21.5 Å². The van der Waals surface area contributed by atoms with Crippen LogP contribution in [0.15, 0.2) is 76.3 Å². The van der Waals surface area contributed by atoms with Crippen LogP contribution in [0, 0.1) is 0 Å². The first-order valence-corrected chi connectivity index (χ1v) is 10.7. The van der Waals surface area contributed by atoms with Crippen LogP contribution in [0.25, 0.3) is 69.0 Å². The molecular weight excluding hydrogens is 390 g/mol. The second-order valence-electron chi connectivity index (χ2n) is 8.02. The summed E-state index contributed by atoms with van der Waals surface area (Å²) in [4.78, 5) is 27.5. The van der Waals surface area contributed by atoms with E-state index in [2.05, 4.69) is 16.5 Å². The van der Waals surface area contributed by atoms with Gasteiger partial charge in [0, 0.05) is 47.1 Å². The molecule has 0 aliphatic rings. The van der Waals surface area contributed by atoms with E-state index in [0.717, 1.165) is 47.5 Å². The van der Waals surface area contributed by atoms with E-state index in [1.54, 1.807) is 11.3 Å². The minimum atomic E-state index is 0.000544. The van der Waals surface area contributed by atoms with Crippen molar-refractivity contribution < 1.29 is 0 Å². The summed E-state index contributed by atoms with van der Waals surface area (Å²) in [5.41, 5.74) is 2.63. The molecule has 0 unspecified atom stereocenters. The quantitative estimate of drug-likeness (QED) is 0.232. The highest BCUT2D eigenvalue weighted by Gasteiger charge is 2.25. The summed E-state index contributed by atoms with van der Waals surface area (Å²) in [5.74, 6) is 0. The molecule has 4 heterocycles. The molecule has 8 aromatic rings. The Hall–Kier alpha value is -3.76. The molecule has 0 bridgehead atoms. The highest BCUT2D eigenvalue weighted by molar-refractivity contribution is 7.26. The maximum Gasteiger partial charge on any atom is 0.198 e. The highest BCUT2D eigenvalue weighted by Crippen LogP contribution is 2.43. The van der Waals surface area contributed by atoms with Crippen LogP contribution in [0.2, 0.25) is 0 Å². The van der Waals surface area contributed by atoms with Gasteiger partial charge in [-0.1, -0.05) is 42.5 Å². The molecule has 0 radical (unpaired) electrons. The van der Waals surface area contributed by atoms with Gasteiger partial charge >= 0.3 is 0 Å². The molecular formula is C26H11NO2S. The number of benzene rings is 4. The van der Waals surface area contributed by atoms with E-state index in [9.17, 15) is 9.59 Å². The normalized spacial score (nSPS) is 12.9. The van der Waals surface area contributed by atoms with Gasteiger partial charge in [-0.2, -0.15) is 0 Å². The van der Waals surface area contributed by atoms with Crippen molar-refractivity contribution in [1.29, 1.82) is 0 Å². The number of para-hydroxylation sites is 2. The van der Waals surface area contributed by atoms with Gasteiger partial charge in [-0.3, -0.25) is 9.59 Å². The molecule has 8 rings (SSSR count). The summed E-state index contributed by atoms with van der Waals surface area (Å²) in [6, 6.07) is 22.0. The van der Waals surface area contributed by atoms with Crippen LogP contribution in [0.4, 0.5) is 0 Å². The van der Waals surface area contributed by atoms with Gasteiger partial charge in [0.2, 0.25) is 0 Å². The van der Waals surface area contributed by atoms with Crippen molar-refractivity contribution in [1.82, 2.24) is 4.40 Å². The number of fused-ring (bicyclic) bond motifs is 5. The molecule has 4 aromatic carbocycles. The van der Waals surface area contributed by atoms with E-state index >= 15 is 0 Å². The SMILES string of the molecule is O=c1c2cccc3c4cccc5c(=O)c6c7sc8ccccc8c7cc1c6n(c23)c54. The summed E-state index contributed by atoms with van der Waals surface area (Å²) in [7, 11) is 0. The van der Waals surface area contributed by atoms with Crippen LogP contribution >= 0.6 is 11.3 Å². The zero-order valence-electron chi connectivity index (χ0n) is 15.5. The molecule has 0 saturated heterocycles. The van der Waals surface area contributed by atoms with Gasteiger partial charge in [0.05, 0.1) is 21.9 Å². The van der Waals surface area contributed by atoms with Crippen LogP contribution in [0.5, 0.6) is 0 Å². The first-order chi connectivity index (χ1) is 14.7. The average Bonchev–Trinajstić information content (AvgIpc) is 3.32. The van der Waals surface area contributed by atoms with Crippen molar-refractivity contribution in [2.45, 2.75) is 0 Å². The second-order valence-corrected chi connectivity index (χ2v) is 9.07. The van der Waals surface area contributed by atoms with Crippen LogP contribution < -0.4 is 10.9 Å². The standard InChI is InChI=1S/C26H11NO2S/c28-24-15-8-3-6-13-14-7-4-9-16-22(14)27(21(13)15)23-18(24)11-17-12-5-1-2-10-19(12)30-26(17)20(23)25(16)29/h1-11H. The van der Waals surface area contributed by atoms with E-state index in [4.69, 9.17) is 0 Å². The van der Waals surface area contributed by atoms with Gasteiger partial charge < -0.3 is 4.40 Å². The highest BCUT2D eigenvalue weighted by atomic mass is 32.1. The third kappa shape index (κ3) is 1.44. The summed E-state index contributed by atoms with van der Waals surface area (Å²) in [6.45, 7) is 0. The smallest absolute Gasteiger partial charge is 0.198 e. The number of thiophene rings is 1. The molecule has 0 atom stereocenters. The molecule has 0 N–H and O–H groups in total. The van der Waals surface area contributed by atoms with Crippen molar-refractivity contribution in [3.8, 4) is 0 Å². The third-order valence-corrected chi connectivity index (χ3v) is 7.84. The fraction of sp³-hybridized carbons (Fsp3) is 0. The predicted molar refractivity (Wildman–Crippen MR) is 126 cm³/mol. The molecule has 0 amide bonds. The molecule has 4 heteroatoms. The van der Waals surface area contributed by atoms with Gasteiger partial charge in [-0.25, -0.2) is 0 Å². The van der Waals surface area contributed by atoms with E-state index in [1.165, 1.54) is 0 Å². The van der Waals surface area contributed by atoms with E-state index < -0.39 is 0 Å². The molecule has 4 aromatic heterocycles. The number of hydrogen-bond acceptors (Lipinski definition) is 3. The Labute approximate surface area is 172 Å². The number of nitrogens with zero attached hydrogens (tertiary/aromatic N) is 1. The Bertz CT molecular complexity index is 2070. The van der Waals surface area contributed by atoms with Gasteiger partial charge in [-0.15, -0.1) is 11.3 Å². The summed E-state index contributed by atoms with van der Waals surface area (Å²) in [5, 5.41) is 6.86. The third-order valence-electron chi connectivity index (χ3n) is 6.64. The molecule has 0 fully saturated rings. The topological polar surface area (TPSA) is 38.5 Å². The monoisotopic (exact) mass is 401 g/mol. The minimum Gasteiger partial charge on any atom is -0.306 e. The van der Waals surface area contributed by atoms with Crippen molar-refractivity contribution in [3.63, 3.8) is 0 Å². The summed E-state index contributed by atoms with van der Waals surface area (Å²) in [6.07, 6.45) is 0. The molecule has 138 valence electrons. The Morgan fingerprint density at radius 2 is 1.20 bits per heavy atom. The fourth-order valence-corrected chi connectivity index (χ4v) is 6.68. The molecule has 0 spiro atoms. The Morgan fingerprint density at radius 3 is 1.97 bits per heavy atom. The van der Waals surface area contributed by atoms with Crippen molar-refractivity contribution in [2.24, 2.45) is 0 Å². The zero-order valence-corrected chi connectivity index (χ0v) is 16.3. The van der Waals surface area contributed by atoms with Crippen LogP contribution in [0.1, 0.15) is 0 Å². The molecule has 30 heavy (non-hydrogen) atoms. The maximum absolute atomic E-state index is 13.8. The molecule has 0 saturated carbocycles. The van der Waals surface area contributed by atoms with Crippen molar-refractivity contribution in [2.75, 3.05) is 0 Å². The minimum absolute atomic E-state index is 0.000544. The lowest BCUT2D eigenvalue weighted by atomic mass is 10.0. The summed E-state index contributed by atoms with van der Waals surface area (Å²) >= 11 is 1.64. The molecule has 3 nitrogen and oxygen atoms in total. The molecule has 0 aliphatic heterocycles. The van der Waals surface area contributed by atoms with Crippen LogP contribution in [-0.4, -0.2) is 4.40 Å². The first kappa shape index (κ1) is 15.1. The van der Waals surface area contributed by atoms with Crippen molar-refractivity contribution in [3.05, 3.63) is 87.2 Å². The lowest BCUT2D eigenvalue weighted by Crippen LogP contribution is -2.12.